The van der Waals surface area contributed by atoms with Gasteiger partial charge in [0.2, 0.25) is 5.91 Å². The van der Waals surface area contributed by atoms with Crippen molar-refractivity contribution in [1.82, 2.24) is 0 Å². The van der Waals surface area contributed by atoms with Crippen LogP contribution in [0.25, 0.3) is 0 Å². The van der Waals surface area contributed by atoms with Crippen LogP contribution in [0.3, 0.4) is 0 Å². The number of hydrogen-bond acceptors (Lipinski definition) is 3. The number of fused-ring (bicyclic) bond motifs is 1. The molecule has 1 atom stereocenters. The van der Waals surface area contributed by atoms with Gasteiger partial charge < -0.3 is 15.4 Å². The number of nitrogens with two attached hydrogens (primary N) is 1. The first-order chi connectivity index (χ1) is 9.25. The molecule has 1 aromatic rings. The highest BCUT2D eigenvalue weighted by Gasteiger charge is 2.32. The van der Waals surface area contributed by atoms with Crippen molar-refractivity contribution in [3.8, 4) is 5.75 Å². The Kier molecular flexibility index (Phi) is 3.42. The summed E-state index contributed by atoms with van der Waals surface area (Å²) in [6.07, 6.45) is 3.65. The van der Waals surface area contributed by atoms with Gasteiger partial charge in [0.25, 0.3) is 0 Å². The third-order valence-electron chi connectivity index (χ3n) is 3.88. The molecular formula is C15H20N2O2. The SMILES string of the molecule is NC(CC(=O)N1CCCOc2ccccc21)C1CC1. The fourth-order valence-corrected chi connectivity index (χ4v) is 2.59. The van der Waals surface area contributed by atoms with Crippen LogP contribution in [-0.2, 0) is 4.79 Å². The second-order valence-electron chi connectivity index (χ2n) is 5.42. The number of carbonyl (C=O) groups is 1. The van der Waals surface area contributed by atoms with Crippen LogP contribution >= 0.6 is 0 Å². The fraction of sp³-hybridized carbons (Fsp3) is 0.533. The maximum Gasteiger partial charge on any atom is 0.228 e. The molecule has 4 heteroatoms. The lowest BCUT2D eigenvalue weighted by Crippen LogP contribution is -2.37. The number of rotatable bonds is 3. The fourth-order valence-electron chi connectivity index (χ4n) is 2.59. The van der Waals surface area contributed by atoms with Gasteiger partial charge in [0, 0.05) is 19.0 Å². The highest BCUT2D eigenvalue weighted by molar-refractivity contribution is 5.95. The van der Waals surface area contributed by atoms with Crippen LogP contribution in [0.4, 0.5) is 5.69 Å². The zero-order valence-electron chi connectivity index (χ0n) is 11.0. The van der Waals surface area contributed by atoms with E-state index in [0.717, 1.165) is 17.9 Å². The number of anilines is 1. The molecule has 3 rings (SSSR count). The molecule has 0 spiro atoms. The normalized spacial score (nSPS) is 20.2. The van der Waals surface area contributed by atoms with Crippen LogP contribution in [0.2, 0.25) is 0 Å². The molecule has 0 bridgehead atoms. The van der Waals surface area contributed by atoms with Crippen LogP contribution in [0.5, 0.6) is 5.75 Å². The van der Waals surface area contributed by atoms with E-state index in [-0.39, 0.29) is 11.9 Å². The second kappa shape index (κ2) is 5.21. The van der Waals surface area contributed by atoms with Crippen molar-refractivity contribution in [2.75, 3.05) is 18.1 Å². The summed E-state index contributed by atoms with van der Waals surface area (Å²) in [7, 11) is 0. The van der Waals surface area contributed by atoms with E-state index in [9.17, 15) is 4.79 Å². The van der Waals surface area contributed by atoms with E-state index >= 15 is 0 Å². The molecule has 1 heterocycles. The highest BCUT2D eigenvalue weighted by Crippen LogP contribution is 2.35. The van der Waals surface area contributed by atoms with Gasteiger partial charge in [-0.1, -0.05) is 12.1 Å². The van der Waals surface area contributed by atoms with Gasteiger partial charge in [-0.25, -0.2) is 0 Å². The predicted octanol–water partition coefficient (Wildman–Crippen LogP) is 1.93. The lowest BCUT2D eigenvalue weighted by atomic mass is 10.1. The van der Waals surface area contributed by atoms with Crippen LogP contribution in [0.15, 0.2) is 24.3 Å². The number of carbonyl (C=O) groups excluding carboxylic acids is 1. The van der Waals surface area contributed by atoms with Gasteiger partial charge in [-0.15, -0.1) is 0 Å². The van der Waals surface area contributed by atoms with Gasteiger partial charge in [0.1, 0.15) is 5.75 Å². The molecule has 1 saturated carbocycles. The first kappa shape index (κ1) is 12.5. The number of para-hydroxylation sites is 2. The Morgan fingerprint density at radius 3 is 3.00 bits per heavy atom. The van der Waals surface area contributed by atoms with E-state index in [1.54, 1.807) is 0 Å². The molecule has 0 aromatic heterocycles. The molecular weight excluding hydrogens is 240 g/mol. The molecule has 1 amide bonds. The lowest BCUT2D eigenvalue weighted by Gasteiger charge is -2.23. The minimum Gasteiger partial charge on any atom is -0.491 e. The van der Waals surface area contributed by atoms with Gasteiger partial charge in [-0.05, 0) is 37.3 Å². The average molecular weight is 260 g/mol. The summed E-state index contributed by atoms with van der Waals surface area (Å²) in [5.41, 5.74) is 6.95. The van der Waals surface area contributed by atoms with E-state index in [4.69, 9.17) is 10.5 Å². The molecule has 2 N–H and O–H groups in total. The Balaban J connectivity index is 1.77. The summed E-state index contributed by atoms with van der Waals surface area (Å²) in [5, 5.41) is 0. The van der Waals surface area contributed by atoms with E-state index in [0.29, 0.717) is 25.5 Å². The van der Waals surface area contributed by atoms with Crippen molar-refractivity contribution >= 4 is 11.6 Å². The van der Waals surface area contributed by atoms with Gasteiger partial charge in [-0.3, -0.25) is 4.79 Å². The molecule has 1 aliphatic heterocycles. The number of amides is 1. The summed E-state index contributed by atoms with van der Waals surface area (Å²) < 4.78 is 5.67. The molecule has 1 aromatic carbocycles. The molecule has 1 fully saturated rings. The molecule has 2 aliphatic rings. The lowest BCUT2D eigenvalue weighted by molar-refractivity contribution is -0.119. The maximum atomic E-state index is 12.4. The van der Waals surface area contributed by atoms with Crippen molar-refractivity contribution in [2.24, 2.45) is 11.7 Å². The Labute approximate surface area is 113 Å². The summed E-state index contributed by atoms with van der Waals surface area (Å²) in [6.45, 7) is 1.38. The Bertz CT molecular complexity index is 471. The van der Waals surface area contributed by atoms with Crippen LogP contribution in [0.1, 0.15) is 25.7 Å². The zero-order chi connectivity index (χ0) is 13.2. The van der Waals surface area contributed by atoms with E-state index < -0.39 is 0 Å². The van der Waals surface area contributed by atoms with Crippen molar-refractivity contribution in [3.05, 3.63) is 24.3 Å². The second-order valence-corrected chi connectivity index (χ2v) is 5.42. The minimum absolute atomic E-state index is 0.0174. The largest absolute Gasteiger partial charge is 0.491 e. The Morgan fingerprint density at radius 1 is 1.42 bits per heavy atom. The molecule has 19 heavy (non-hydrogen) atoms. The summed E-state index contributed by atoms with van der Waals surface area (Å²) >= 11 is 0. The number of ether oxygens (including phenoxy) is 1. The van der Waals surface area contributed by atoms with E-state index in [1.807, 2.05) is 29.2 Å². The maximum absolute atomic E-state index is 12.4. The van der Waals surface area contributed by atoms with Crippen molar-refractivity contribution in [3.63, 3.8) is 0 Å². The Morgan fingerprint density at radius 2 is 2.21 bits per heavy atom. The van der Waals surface area contributed by atoms with Gasteiger partial charge in [0.15, 0.2) is 0 Å². The number of nitrogens with zero attached hydrogens (tertiary/aromatic N) is 1. The van der Waals surface area contributed by atoms with Crippen LogP contribution < -0.4 is 15.4 Å². The molecule has 4 nitrogen and oxygen atoms in total. The highest BCUT2D eigenvalue weighted by atomic mass is 16.5. The van der Waals surface area contributed by atoms with Gasteiger partial charge in [-0.2, -0.15) is 0 Å². The summed E-state index contributed by atoms with van der Waals surface area (Å²) in [6, 6.07) is 7.75. The van der Waals surface area contributed by atoms with E-state index in [1.165, 1.54) is 12.8 Å². The van der Waals surface area contributed by atoms with E-state index in [2.05, 4.69) is 0 Å². The van der Waals surface area contributed by atoms with Gasteiger partial charge >= 0.3 is 0 Å². The first-order valence-corrected chi connectivity index (χ1v) is 7.03. The zero-order valence-corrected chi connectivity index (χ0v) is 11.0. The predicted molar refractivity (Wildman–Crippen MR) is 74.2 cm³/mol. The third-order valence-corrected chi connectivity index (χ3v) is 3.88. The quantitative estimate of drug-likeness (QED) is 0.903. The van der Waals surface area contributed by atoms with Crippen LogP contribution in [-0.4, -0.2) is 25.1 Å². The smallest absolute Gasteiger partial charge is 0.228 e. The number of hydrogen-bond donors (Lipinski definition) is 1. The number of benzene rings is 1. The molecule has 1 unspecified atom stereocenters. The standard InChI is InChI=1S/C15H20N2O2/c16-12(11-6-7-11)10-15(18)17-8-3-9-19-14-5-2-1-4-13(14)17/h1-2,4-5,11-12H,3,6-10,16H2. The minimum atomic E-state index is 0.0174. The first-order valence-electron chi connectivity index (χ1n) is 7.03. The molecule has 0 radical (unpaired) electrons. The van der Waals surface area contributed by atoms with Crippen LogP contribution in [0, 0.1) is 5.92 Å². The topological polar surface area (TPSA) is 55.6 Å². The van der Waals surface area contributed by atoms with Gasteiger partial charge in [0.05, 0.1) is 12.3 Å². The van der Waals surface area contributed by atoms with Crippen molar-refractivity contribution in [1.29, 1.82) is 0 Å². The summed E-state index contributed by atoms with van der Waals surface area (Å²) in [5.74, 6) is 1.48. The third kappa shape index (κ3) is 2.73. The van der Waals surface area contributed by atoms with Crippen molar-refractivity contribution in [2.45, 2.75) is 31.7 Å². The molecule has 0 saturated heterocycles. The van der Waals surface area contributed by atoms with Crippen molar-refractivity contribution < 1.29 is 9.53 Å². The average Bonchev–Trinajstić information content (AvgIpc) is 3.25. The molecule has 102 valence electrons. The summed E-state index contributed by atoms with van der Waals surface area (Å²) in [4.78, 5) is 14.3. The monoisotopic (exact) mass is 260 g/mol. The molecule has 1 aliphatic carbocycles. The Hall–Kier alpha value is -1.55.